The van der Waals surface area contributed by atoms with Gasteiger partial charge in [0.15, 0.2) is 15.6 Å². The molecule has 0 N–H and O–H groups in total. The first-order valence-electron chi connectivity index (χ1n) is 4.96. The van der Waals surface area contributed by atoms with Gasteiger partial charge in [0.25, 0.3) is 0 Å². The van der Waals surface area contributed by atoms with Crippen LogP contribution in [0.3, 0.4) is 0 Å². The molecule has 0 aliphatic carbocycles. The summed E-state index contributed by atoms with van der Waals surface area (Å²) in [6, 6.07) is 4.74. The molecule has 0 saturated heterocycles. The minimum atomic E-state index is -3.29. The van der Waals surface area contributed by atoms with Crippen molar-refractivity contribution in [2.24, 2.45) is 0 Å². The number of hydrogen-bond donors (Lipinski definition) is 0. The molecule has 0 aliphatic heterocycles. The molecule has 6 heteroatoms. The maximum Gasteiger partial charge on any atom is 0.177 e. The predicted molar refractivity (Wildman–Crippen MR) is 69.4 cm³/mol. The van der Waals surface area contributed by atoms with Crippen LogP contribution in [0, 0.1) is 0 Å². The minimum absolute atomic E-state index is 0.0317. The van der Waals surface area contributed by atoms with Crippen LogP contribution >= 0.6 is 15.9 Å². The molecule has 17 heavy (non-hydrogen) atoms. The molecule has 0 spiro atoms. The molecule has 0 heterocycles. The molecule has 0 atom stereocenters. The Bertz CT molecular complexity index is 522. The molecule has 1 aromatic carbocycles. The number of ketones is 1. The Labute approximate surface area is 109 Å². The van der Waals surface area contributed by atoms with E-state index in [2.05, 4.69) is 15.9 Å². The van der Waals surface area contributed by atoms with Crippen LogP contribution in [0.25, 0.3) is 0 Å². The third kappa shape index (κ3) is 3.81. The summed E-state index contributed by atoms with van der Waals surface area (Å²) in [5.41, 5.74) is 0.356. The summed E-state index contributed by atoms with van der Waals surface area (Å²) in [6.45, 7) is 1.52. The van der Waals surface area contributed by atoms with Gasteiger partial charge in [-0.3, -0.25) is 4.79 Å². The van der Waals surface area contributed by atoms with Crippen LogP contribution in [0.5, 0.6) is 5.75 Å². The van der Waals surface area contributed by atoms with Gasteiger partial charge in [-0.1, -0.05) is 6.92 Å². The normalized spacial score (nSPS) is 11.2. The highest BCUT2D eigenvalue weighted by atomic mass is 79.9. The molecule has 0 amide bonds. The zero-order valence-electron chi connectivity index (χ0n) is 9.57. The summed E-state index contributed by atoms with van der Waals surface area (Å²) >= 11 is 3.25. The predicted octanol–water partition coefficient (Wildman–Crippen LogP) is 2.08. The fraction of sp³-hybridized carbons (Fsp3) is 0.364. The van der Waals surface area contributed by atoms with Crippen LogP contribution in [0.1, 0.15) is 17.3 Å². The molecular weight excluding hydrogens is 308 g/mol. The molecule has 0 unspecified atom stereocenters. The lowest BCUT2D eigenvalue weighted by molar-refractivity contribution is 0.102. The van der Waals surface area contributed by atoms with Crippen molar-refractivity contribution in [2.75, 3.05) is 18.6 Å². The van der Waals surface area contributed by atoms with E-state index in [1.165, 1.54) is 14.0 Å². The van der Waals surface area contributed by atoms with E-state index in [-0.39, 0.29) is 5.75 Å². The average molecular weight is 321 g/mol. The highest BCUT2D eigenvalue weighted by Gasteiger charge is 2.16. The van der Waals surface area contributed by atoms with Crippen LogP contribution in [0.2, 0.25) is 0 Å². The average Bonchev–Trinajstić information content (AvgIpc) is 2.28. The largest absolute Gasteiger partial charge is 0.496 e. The Morgan fingerprint density at radius 3 is 2.53 bits per heavy atom. The Morgan fingerprint density at radius 2 is 2.06 bits per heavy atom. The summed E-state index contributed by atoms with van der Waals surface area (Å²) in [4.78, 5) is 11.7. The summed E-state index contributed by atoms with van der Waals surface area (Å²) < 4.78 is 28.3. The number of halogens is 1. The lowest BCUT2D eigenvalue weighted by atomic mass is 10.1. The Morgan fingerprint density at radius 1 is 1.41 bits per heavy atom. The number of hydrogen-bond acceptors (Lipinski definition) is 4. The smallest absolute Gasteiger partial charge is 0.177 e. The van der Waals surface area contributed by atoms with Gasteiger partial charge in [-0.25, -0.2) is 8.42 Å². The zero-order chi connectivity index (χ0) is 13.1. The van der Waals surface area contributed by atoms with Crippen molar-refractivity contribution < 1.29 is 17.9 Å². The summed E-state index contributed by atoms with van der Waals surface area (Å²) in [6.07, 6.45) is 0. The van der Waals surface area contributed by atoms with Crippen molar-refractivity contribution in [3.8, 4) is 5.75 Å². The van der Waals surface area contributed by atoms with E-state index in [1.807, 2.05) is 0 Å². The van der Waals surface area contributed by atoms with Gasteiger partial charge in [0.2, 0.25) is 0 Å². The van der Waals surface area contributed by atoms with E-state index >= 15 is 0 Å². The monoisotopic (exact) mass is 320 g/mol. The van der Waals surface area contributed by atoms with Gasteiger partial charge >= 0.3 is 0 Å². The third-order valence-corrected chi connectivity index (χ3v) is 4.47. The van der Waals surface area contributed by atoms with E-state index in [4.69, 9.17) is 4.74 Å². The second-order valence-corrected chi connectivity index (χ2v) is 6.66. The molecule has 0 fully saturated rings. The van der Waals surface area contributed by atoms with E-state index in [9.17, 15) is 13.2 Å². The lowest BCUT2D eigenvalue weighted by Gasteiger charge is -2.05. The number of methoxy groups -OCH3 is 1. The molecule has 0 bridgehead atoms. The highest BCUT2D eigenvalue weighted by molar-refractivity contribution is 9.10. The number of Topliss-reactive ketones (excluding diaryl/α,β-unsaturated/α-hetero) is 1. The van der Waals surface area contributed by atoms with Crippen molar-refractivity contribution in [1.82, 2.24) is 0 Å². The summed E-state index contributed by atoms with van der Waals surface area (Å²) in [5.74, 6) is -0.298. The number of benzene rings is 1. The van der Waals surface area contributed by atoms with Gasteiger partial charge < -0.3 is 4.74 Å². The molecule has 1 aromatic rings. The van der Waals surface area contributed by atoms with Gasteiger partial charge in [-0.05, 0) is 34.1 Å². The summed E-state index contributed by atoms with van der Waals surface area (Å²) in [5, 5.41) is 0. The zero-order valence-corrected chi connectivity index (χ0v) is 12.0. The first-order chi connectivity index (χ1) is 7.89. The van der Waals surface area contributed by atoms with Gasteiger partial charge in [0.05, 0.1) is 11.6 Å². The van der Waals surface area contributed by atoms with Crippen LogP contribution < -0.4 is 4.74 Å². The first kappa shape index (κ1) is 14.2. The summed E-state index contributed by atoms with van der Waals surface area (Å²) in [7, 11) is -1.77. The molecule has 0 radical (unpaired) electrons. The van der Waals surface area contributed by atoms with Crippen LogP contribution in [0.4, 0.5) is 0 Å². The number of carbonyl (C=O) groups excluding carboxylic acids is 1. The quantitative estimate of drug-likeness (QED) is 0.779. The van der Waals surface area contributed by atoms with E-state index < -0.39 is 21.4 Å². The SMILES string of the molecule is CCS(=O)(=O)CC(=O)c1ccc(OC)c(Br)c1. The topological polar surface area (TPSA) is 60.4 Å². The van der Waals surface area contributed by atoms with Crippen LogP contribution in [-0.4, -0.2) is 32.8 Å². The van der Waals surface area contributed by atoms with Crippen LogP contribution in [0.15, 0.2) is 22.7 Å². The Balaban J connectivity index is 2.95. The molecule has 0 aromatic heterocycles. The number of carbonyl (C=O) groups is 1. The molecule has 94 valence electrons. The number of sulfone groups is 1. The maximum atomic E-state index is 11.7. The first-order valence-corrected chi connectivity index (χ1v) is 7.58. The van der Waals surface area contributed by atoms with Gasteiger partial charge in [0, 0.05) is 11.3 Å². The molecule has 0 saturated carbocycles. The fourth-order valence-corrected chi connectivity index (χ4v) is 2.54. The van der Waals surface area contributed by atoms with Gasteiger partial charge in [-0.15, -0.1) is 0 Å². The van der Waals surface area contributed by atoms with Crippen molar-refractivity contribution in [2.45, 2.75) is 6.92 Å². The second-order valence-electron chi connectivity index (χ2n) is 3.45. The third-order valence-electron chi connectivity index (χ3n) is 2.26. The van der Waals surface area contributed by atoms with Crippen LogP contribution in [-0.2, 0) is 9.84 Å². The molecule has 1 rings (SSSR count). The van der Waals surface area contributed by atoms with E-state index in [0.29, 0.717) is 15.8 Å². The number of ether oxygens (including phenoxy) is 1. The standard InChI is InChI=1S/C11H13BrO4S/c1-3-17(14,15)7-10(13)8-4-5-11(16-2)9(12)6-8/h4-6H,3,7H2,1-2H3. The van der Waals surface area contributed by atoms with Crippen molar-refractivity contribution in [1.29, 1.82) is 0 Å². The minimum Gasteiger partial charge on any atom is -0.496 e. The van der Waals surface area contributed by atoms with Gasteiger partial charge in [-0.2, -0.15) is 0 Å². The van der Waals surface area contributed by atoms with E-state index in [0.717, 1.165) is 0 Å². The number of rotatable bonds is 5. The highest BCUT2D eigenvalue weighted by Crippen LogP contribution is 2.25. The fourth-order valence-electron chi connectivity index (χ4n) is 1.22. The van der Waals surface area contributed by atoms with Crippen molar-refractivity contribution in [3.05, 3.63) is 28.2 Å². The maximum absolute atomic E-state index is 11.7. The van der Waals surface area contributed by atoms with Crippen molar-refractivity contribution >= 4 is 31.6 Å². The Hall–Kier alpha value is -0.880. The molecule has 0 aliphatic rings. The molecular formula is C11H13BrO4S. The Kier molecular flexibility index (Phi) is 4.70. The van der Waals surface area contributed by atoms with Crippen molar-refractivity contribution in [3.63, 3.8) is 0 Å². The van der Waals surface area contributed by atoms with E-state index in [1.54, 1.807) is 18.2 Å². The lowest BCUT2D eigenvalue weighted by Crippen LogP contribution is -2.17. The van der Waals surface area contributed by atoms with Gasteiger partial charge in [0.1, 0.15) is 11.5 Å². The molecule has 4 nitrogen and oxygen atoms in total. The second kappa shape index (κ2) is 5.64.